The first-order valence-corrected chi connectivity index (χ1v) is 4.32. The molecule has 0 bridgehead atoms. The third-order valence-corrected chi connectivity index (χ3v) is 1.86. The van der Waals surface area contributed by atoms with Gasteiger partial charge in [-0.15, -0.1) is 0 Å². The van der Waals surface area contributed by atoms with E-state index in [0.717, 1.165) is 0 Å². The molecule has 0 spiro atoms. The number of aromatic nitrogens is 2. The zero-order valence-electron chi connectivity index (χ0n) is 8.56. The second-order valence-corrected chi connectivity index (χ2v) is 2.86. The topological polar surface area (TPSA) is 69.4 Å². The summed E-state index contributed by atoms with van der Waals surface area (Å²) in [4.78, 5) is 3.88. The number of methoxy groups -OCH3 is 2. The molecular weight excluding hydrogens is 186 g/mol. The average Bonchev–Trinajstić information content (AvgIpc) is 2.69. The van der Waals surface area contributed by atoms with Crippen LogP contribution in [0.3, 0.4) is 0 Å². The number of rotatable bonds is 6. The van der Waals surface area contributed by atoms with Crippen LogP contribution in [-0.2, 0) is 16.0 Å². The van der Waals surface area contributed by atoms with Crippen LogP contribution < -0.4 is 5.32 Å². The van der Waals surface area contributed by atoms with E-state index in [1.807, 2.05) is 6.92 Å². The quantitative estimate of drug-likeness (QED) is 0.661. The van der Waals surface area contributed by atoms with Crippen LogP contribution in [0.5, 0.6) is 0 Å². The first kappa shape index (κ1) is 11.1. The number of nitrogens with zero attached hydrogens (tertiary/aromatic N) is 2. The molecule has 80 valence electrons. The minimum absolute atomic E-state index is 0.0588. The van der Waals surface area contributed by atoms with Gasteiger partial charge in [0.05, 0.1) is 12.6 Å². The highest BCUT2D eigenvalue weighted by Crippen LogP contribution is 1.99. The molecule has 0 aliphatic rings. The Balaban J connectivity index is 2.30. The normalized spacial score (nSPS) is 13.4. The molecule has 0 aromatic carbocycles. The summed E-state index contributed by atoms with van der Waals surface area (Å²) >= 11 is 0. The van der Waals surface area contributed by atoms with E-state index in [1.54, 1.807) is 14.2 Å². The summed E-state index contributed by atoms with van der Waals surface area (Å²) in [5.74, 6) is 0.614. The molecule has 1 rings (SSSR count). The van der Waals surface area contributed by atoms with Gasteiger partial charge in [-0.05, 0) is 6.92 Å². The minimum Gasteiger partial charge on any atom is -0.354 e. The molecule has 1 aromatic rings. The SMILES string of the molecule is COC(OC)C(C)NCc1ncon1. The van der Waals surface area contributed by atoms with Gasteiger partial charge in [-0.2, -0.15) is 4.98 Å². The maximum atomic E-state index is 5.08. The van der Waals surface area contributed by atoms with Crippen LogP contribution in [0, 0.1) is 0 Å². The Hall–Kier alpha value is -0.980. The Labute approximate surface area is 82.6 Å². The third kappa shape index (κ3) is 3.06. The summed E-state index contributed by atoms with van der Waals surface area (Å²) in [5.41, 5.74) is 0. The summed E-state index contributed by atoms with van der Waals surface area (Å²) in [5, 5.41) is 6.82. The summed E-state index contributed by atoms with van der Waals surface area (Å²) in [6.07, 6.45) is 1.02. The predicted molar refractivity (Wildman–Crippen MR) is 48.4 cm³/mol. The van der Waals surface area contributed by atoms with Gasteiger partial charge < -0.3 is 19.3 Å². The van der Waals surface area contributed by atoms with Gasteiger partial charge in [0.2, 0.25) is 6.39 Å². The Morgan fingerprint density at radius 1 is 1.50 bits per heavy atom. The number of hydrogen-bond donors (Lipinski definition) is 1. The standard InChI is InChI=1S/C8H15N3O3/c1-6(8(12-2)13-3)9-4-7-10-5-14-11-7/h5-6,8-9H,4H2,1-3H3. The van der Waals surface area contributed by atoms with E-state index in [9.17, 15) is 0 Å². The fraction of sp³-hybridized carbons (Fsp3) is 0.750. The van der Waals surface area contributed by atoms with E-state index in [-0.39, 0.29) is 12.3 Å². The predicted octanol–water partition coefficient (Wildman–Crippen LogP) is 0.167. The molecule has 1 heterocycles. The van der Waals surface area contributed by atoms with Crippen molar-refractivity contribution in [1.29, 1.82) is 0 Å². The minimum atomic E-state index is -0.276. The van der Waals surface area contributed by atoms with Crippen LogP contribution in [0.4, 0.5) is 0 Å². The van der Waals surface area contributed by atoms with Crippen LogP contribution in [-0.4, -0.2) is 36.7 Å². The van der Waals surface area contributed by atoms with Crippen LogP contribution >= 0.6 is 0 Å². The monoisotopic (exact) mass is 201 g/mol. The Kier molecular flexibility index (Phi) is 4.51. The van der Waals surface area contributed by atoms with Gasteiger partial charge in [0.15, 0.2) is 12.1 Å². The van der Waals surface area contributed by atoms with Crippen LogP contribution in [0.15, 0.2) is 10.9 Å². The molecule has 0 saturated heterocycles. The van der Waals surface area contributed by atoms with Crippen molar-refractivity contribution in [3.05, 3.63) is 12.2 Å². The maximum absolute atomic E-state index is 5.08. The molecule has 0 fully saturated rings. The molecule has 0 amide bonds. The largest absolute Gasteiger partial charge is 0.354 e. The van der Waals surface area contributed by atoms with Crippen molar-refractivity contribution in [3.8, 4) is 0 Å². The van der Waals surface area contributed by atoms with Gasteiger partial charge in [-0.25, -0.2) is 0 Å². The highest BCUT2D eigenvalue weighted by Gasteiger charge is 2.15. The van der Waals surface area contributed by atoms with Gasteiger partial charge in [-0.1, -0.05) is 5.16 Å². The molecule has 0 aliphatic heterocycles. The molecular formula is C8H15N3O3. The first-order valence-electron chi connectivity index (χ1n) is 4.32. The second kappa shape index (κ2) is 5.69. The smallest absolute Gasteiger partial charge is 0.213 e. The number of nitrogens with one attached hydrogen (secondary N) is 1. The lowest BCUT2D eigenvalue weighted by molar-refractivity contribution is -0.119. The fourth-order valence-corrected chi connectivity index (χ4v) is 1.12. The maximum Gasteiger partial charge on any atom is 0.213 e. The highest BCUT2D eigenvalue weighted by atomic mass is 16.7. The lowest BCUT2D eigenvalue weighted by Gasteiger charge is -2.21. The zero-order valence-corrected chi connectivity index (χ0v) is 8.56. The molecule has 6 nitrogen and oxygen atoms in total. The van der Waals surface area contributed by atoms with Crippen molar-refractivity contribution in [2.24, 2.45) is 0 Å². The molecule has 6 heteroatoms. The first-order chi connectivity index (χ1) is 6.77. The number of ether oxygens (including phenoxy) is 2. The van der Waals surface area contributed by atoms with Crippen molar-refractivity contribution in [1.82, 2.24) is 15.5 Å². The molecule has 0 radical (unpaired) electrons. The molecule has 1 atom stereocenters. The van der Waals surface area contributed by atoms with E-state index in [4.69, 9.17) is 9.47 Å². The average molecular weight is 201 g/mol. The van der Waals surface area contributed by atoms with E-state index < -0.39 is 0 Å². The summed E-state index contributed by atoms with van der Waals surface area (Å²) in [6.45, 7) is 2.48. The number of hydrogen-bond acceptors (Lipinski definition) is 6. The molecule has 14 heavy (non-hydrogen) atoms. The molecule has 1 unspecified atom stereocenters. The summed E-state index contributed by atoms with van der Waals surface area (Å²) in [7, 11) is 3.20. The van der Waals surface area contributed by atoms with Gasteiger partial charge in [0.1, 0.15) is 0 Å². The second-order valence-electron chi connectivity index (χ2n) is 2.86. The van der Waals surface area contributed by atoms with E-state index in [0.29, 0.717) is 12.4 Å². The van der Waals surface area contributed by atoms with Crippen molar-refractivity contribution in [3.63, 3.8) is 0 Å². The summed E-state index contributed by atoms with van der Waals surface area (Å²) < 4.78 is 14.8. The van der Waals surface area contributed by atoms with Gasteiger partial charge in [0.25, 0.3) is 0 Å². The fourth-order valence-electron chi connectivity index (χ4n) is 1.12. The zero-order chi connectivity index (χ0) is 10.4. The Bertz CT molecular complexity index is 236. The Morgan fingerprint density at radius 2 is 2.21 bits per heavy atom. The van der Waals surface area contributed by atoms with Gasteiger partial charge in [-0.3, -0.25) is 0 Å². The Morgan fingerprint density at radius 3 is 2.71 bits per heavy atom. The van der Waals surface area contributed by atoms with Crippen LogP contribution in [0.25, 0.3) is 0 Å². The molecule has 1 aromatic heterocycles. The van der Waals surface area contributed by atoms with Crippen LogP contribution in [0.1, 0.15) is 12.7 Å². The molecule has 0 saturated carbocycles. The molecule has 1 N–H and O–H groups in total. The lowest BCUT2D eigenvalue weighted by Crippen LogP contribution is -2.39. The van der Waals surface area contributed by atoms with Crippen molar-refractivity contribution >= 4 is 0 Å². The molecule has 0 aliphatic carbocycles. The van der Waals surface area contributed by atoms with E-state index in [1.165, 1.54) is 6.39 Å². The van der Waals surface area contributed by atoms with Crippen molar-refractivity contribution in [2.75, 3.05) is 14.2 Å². The van der Waals surface area contributed by atoms with Gasteiger partial charge in [0, 0.05) is 14.2 Å². The third-order valence-electron chi connectivity index (χ3n) is 1.86. The highest BCUT2D eigenvalue weighted by molar-refractivity contribution is 4.78. The van der Waals surface area contributed by atoms with Crippen molar-refractivity contribution < 1.29 is 14.0 Å². The van der Waals surface area contributed by atoms with E-state index >= 15 is 0 Å². The summed E-state index contributed by atoms with van der Waals surface area (Å²) in [6, 6.07) is 0.0588. The van der Waals surface area contributed by atoms with Gasteiger partial charge >= 0.3 is 0 Å². The van der Waals surface area contributed by atoms with Crippen molar-refractivity contribution in [2.45, 2.75) is 25.8 Å². The van der Waals surface area contributed by atoms with E-state index in [2.05, 4.69) is 20.0 Å². The lowest BCUT2D eigenvalue weighted by atomic mass is 10.3. The van der Waals surface area contributed by atoms with Crippen LogP contribution in [0.2, 0.25) is 0 Å².